The number of aliphatic hydroxyl groups is 1. The lowest BCUT2D eigenvalue weighted by Gasteiger charge is -2.72. The summed E-state index contributed by atoms with van der Waals surface area (Å²) in [5.41, 5.74) is 0.359. The molecular formula is C45H78N2O6. The molecule has 8 nitrogen and oxygen atoms in total. The van der Waals surface area contributed by atoms with Crippen LogP contribution < -0.4 is 0 Å². The predicted octanol–water partition coefficient (Wildman–Crippen LogP) is 8.65. The second-order valence-electron chi connectivity index (χ2n) is 21.2. The van der Waals surface area contributed by atoms with E-state index < -0.39 is 28.9 Å². The molecule has 0 radical (unpaired) electrons. The third-order valence-electron chi connectivity index (χ3n) is 16.3. The van der Waals surface area contributed by atoms with Crippen LogP contribution in [0.25, 0.3) is 0 Å². The maximum atomic E-state index is 13.8. The largest absolute Gasteiger partial charge is 0.481 e. The first-order chi connectivity index (χ1) is 24.2. The van der Waals surface area contributed by atoms with Crippen molar-refractivity contribution in [3.05, 3.63) is 11.1 Å². The summed E-state index contributed by atoms with van der Waals surface area (Å²) in [7, 11) is 4.19. The van der Waals surface area contributed by atoms with Crippen molar-refractivity contribution in [1.29, 1.82) is 0 Å². The predicted molar refractivity (Wildman–Crippen MR) is 213 cm³/mol. The summed E-state index contributed by atoms with van der Waals surface area (Å²) in [6, 6.07) is 0.302. The number of carboxylic acids is 1. The lowest BCUT2D eigenvalue weighted by atomic mass is 9.32. The molecule has 4 saturated carbocycles. The van der Waals surface area contributed by atoms with Crippen molar-refractivity contribution in [3.8, 4) is 0 Å². The molecule has 0 unspecified atom stereocenters. The minimum absolute atomic E-state index is 0.0351. The number of carbonyl (C=O) groups is 3. The summed E-state index contributed by atoms with van der Waals surface area (Å²) in [6.45, 7) is 30.5. The number of rotatable bonds is 13. The third kappa shape index (κ3) is 7.69. The number of hydrogen-bond acceptors (Lipinski definition) is 7. The molecule has 4 rings (SSSR count). The number of ketones is 1. The van der Waals surface area contributed by atoms with Gasteiger partial charge in [-0.3, -0.25) is 19.3 Å². The van der Waals surface area contributed by atoms with Crippen molar-refractivity contribution in [1.82, 2.24) is 9.80 Å². The fourth-order valence-electron chi connectivity index (χ4n) is 12.8. The molecule has 4 fully saturated rings. The number of nitrogens with zero attached hydrogens (tertiary/aromatic N) is 2. The fourth-order valence-corrected chi connectivity index (χ4v) is 12.8. The number of likely N-dealkylation sites (N-methyl/N-ethyl adjacent to an activating group) is 1. The van der Waals surface area contributed by atoms with E-state index >= 15 is 0 Å². The molecule has 0 aromatic rings. The Labute approximate surface area is 323 Å². The molecule has 53 heavy (non-hydrogen) atoms. The van der Waals surface area contributed by atoms with Crippen molar-refractivity contribution in [2.24, 2.45) is 56.2 Å². The van der Waals surface area contributed by atoms with E-state index in [-0.39, 0.29) is 51.8 Å². The van der Waals surface area contributed by atoms with E-state index in [1.807, 2.05) is 0 Å². The van der Waals surface area contributed by atoms with E-state index in [1.54, 1.807) is 20.8 Å². The molecule has 2 N–H and O–H groups in total. The highest BCUT2D eigenvalue weighted by Gasteiger charge is 2.69. The fraction of sp³-hybridized carbons (Fsp3) is 0.889. The van der Waals surface area contributed by atoms with Gasteiger partial charge in [0.15, 0.2) is 5.78 Å². The lowest BCUT2D eigenvalue weighted by molar-refractivity contribution is -0.235. The molecule has 0 aromatic heterocycles. The topological polar surface area (TPSA) is 107 Å². The molecule has 0 amide bonds. The smallest absolute Gasteiger partial charge is 0.309 e. The Morgan fingerprint density at radius 1 is 0.849 bits per heavy atom. The van der Waals surface area contributed by atoms with E-state index in [9.17, 15) is 24.6 Å². The molecule has 0 saturated heterocycles. The second kappa shape index (κ2) is 15.3. The number of aliphatic carboxylic acids is 1. The quantitative estimate of drug-likeness (QED) is 0.143. The van der Waals surface area contributed by atoms with Gasteiger partial charge in [-0.2, -0.15) is 0 Å². The maximum absolute atomic E-state index is 13.8. The van der Waals surface area contributed by atoms with Crippen LogP contribution in [0.4, 0.5) is 0 Å². The number of carboxylic acid groups (broad SMARTS) is 1. The van der Waals surface area contributed by atoms with E-state index in [0.717, 1.165) is 70.0 Å². The van der Waals surface area contributed by atoms with Crippen LogP contribution in [-0.4, -0.2) is 89.7 Å². The van der Waals surface area contributed by atoms with Crippen molar-refractivity contribution in [3.63, 3.8) is 0 Å². The summed E-state index contributed by atoms with van der Waals surface area (Å²) in [6.07, 6.45) is 6.90. The summed E-state index contributed by atoms with van der Waals surface area (Å²) < 4.78 is 6.18. The van der Waals surface area contributed by atoms with Crippen LogP contribution in [-0.2, 0) is 19.1 Å². The first-order valence-electron chi connectivity index (χ1n) is 21.0. The number of Topliss-reactive ketones (excluding diaryl/α,β-unsaturated/α-hetero) is 1. The van der Waals surface area contributed by atoms with Gasteiger partial charge in [0.05, 0.1) is 17.9 Å². The monoisotopic (exact) mass is 743 g/mol. The van der Waals surface area contributed by atoms with Gasteiger partial charge in [0.2, 0.25) is 0 Å². The minimum Gasteiger partial charge on any atom is -0.481 e. The highest BCUT2D eigenvalue weighted by Crippen LogP contribution is 2.76. The van der Waals surface area contributed by atoms with Crippen molar-refractivity contribution >= 4 is 17.7 Å². The molecule has 9 atom stereocenters. The van der Waals surface area contributed by atoms with Gasteiger partial charge in [-0.15, -0.1) is 0 Å². The Morgan fingerprint density at radius 3 is 2.00 bits per heavy atom. The average molecular weight is 743 g/mol. The van der Waals surface area contributed by atoms with Crippen LogP contribution in [0, 0.1) is 56.2 Å². The van der Waals surface area contributed by atoms with E-state index in [1.165, 1.54) is 5.57 Å². The highest BCUT2D eigenvalue weighted by molar-refractivity contribution is 5.95. The number of allylic oxidation sites excluding steroid dienone is 1. The van der Waals surface area contributed by atoms with E-state index in [0.29, 0.717) is 24.4 Å². The molecule has 4 aliphatic rings. The van der Waals surface area contributed by atoms with Crippen molar-refractivity contribution < 1.29 is 29.3 Å². The van der Waals surface area contributed by atoms with Crippen LogP contribution in [0.1, 0.15) is 148 Å². The Kier molecular flexibility index (Phi) is 12.7. The Hall–Kier alpha value is -1.77. The number of esters is 1. The van der Waals surface area contributed by atoms with E-state index in [4.69, 9.17) is 4.74 Å². The maximum Gasteiger partial charge on any atom is 0.309 e. The highest BCUT2D eigenvalue weighted by atomic mass is 16.5. The van der Waals surface area contributed by atoms with Gasteiger partial charge in [0.25, 0.3) is 0 Å². The van der Waals surface area contributed by atoms with E-state index in [2.05, 4.69) is 93.1 Å². The first-order valence-corrected chi connectivity index (χ1v) is 21.0. The normalized spacial score (nSPS) is 37.2. The van der Waals surface area contributed by atoms with Gasteiger partial charge in [0.1, 0.15) is 6.10 Å². The van der Waals surface area contributed by atoms with Crippen molar-refractivity contribution in [2.75, 3.05) is 33.7 Å². The van der Waals surface area contributed by atoms with Crippen LogP contribution in [0.15, 0.2) is 11.1 Å². The van der Waals surface area contributed by atoms with Gasteiger partial charge in [-0.25, -0.2) is 0 Å². The van der Waals surface area contributed by atoms with Gasteiger partial charge < -0.3 is 19.8 Å². The van der Waals surface area contributed by atoms with Crippen LogP contribution >= 0.6 is 0 Å². The number of fused-ring (bicyclic) bond motifs is 5. The SMILES string of the molecule is CC(=O)/C(=C1/[C@H]2CC[C@@H]3[C@@]4(C)CC[C@H](OC(=O)CC(C)(C)C(=O)O)C(C)(C)[C@@H]4CC[C@@]3(C)[C@]2(C)CC[C@]1(C)[C@H](O)CN(CCN(C)C)C(C)C)C(C)C. The first kappa shape index (κ1) is 44.0. The number of carbonyl (C=O) groups excluding carboxylic acids is 2. The third-order valence-corrected chi connectivity index (χ3v) is 16.3. The van der Waals surface area contributed by atoms with Gasteiger partial charge in [-0.1, -0.05) is 61.0 Å². The number of hydrogen-bond donors (Lipinski definition) is 2. The molecule has 0 aromatic carbocycles. The van der Waals surface area contributed by atoms with Crippen LogP contribution in [0.2, 0.25) is 0 Å². The Bertz CT molecular complexity index is 1410. The Morgan fingerprint density at radius 2 is 1.47 bits per heavy atom. The van der Waals surface area contributed by atoms with Gasteiger partial charge in [0, 0.05) is 36.5 Å². The minimum atomic E-state index is -1.16. The molecule has 0 spiro atoms. The number of ether oxygens (including phenoxy) is 1. The zero-order valence-electron chi connectivity index (χ0n) is 36.4. The molecular weight excluding hydrogens is 665 g/mol. The number of aliphatic hydroxyl groups excluding tert-OH is 1. The van der Waals surface area contributed by atoms with Gasteiger partial charge in [-0.05, 0) is 146 Å². The standard InChI is InChI=1S/C45H78N2O6/c1-28(2)37(30(5)48)38-31-16-17-33-42(10)20-19-35(53-36(50)26-40(6,7)39(51)52)41(8,9)32(42)18-21-45(33,13)44(31,12)23-22-43(38,11)34(49)27-47(29(3)4)25-24-46(14)15/h28-29,31-35,49H,16-27H2,1-15H3,(H,51,52)/b38-37-/t31-,32+,33-,34-,35+,42+,43-,44-,45-/m1/s1. The molecule has 0 bridgehead atoms. The van der Waals surface area contributed by atoms with Gasteiger partial charge >= 0.3 is 11.9 Å². The zero-order valence-corrected chi connectivity index (χ0v) is 36.4. The summed E-state index contributed by atoms with van der Waals surface area (Å²) >= 11 is 0. The molecule has 0 aliphatic heterocycles. The molecule has 4 aliphatic carbocycles. The summed E-state index contributed by atoms with van der Waals surface area (Å²) in [5, 5.41) is 22.1. The average Bonchev–Trinajstić information content (AvgIpc) is 3.01. The molecule has 304 valence electrons. The van der Waals surface area contributed by atoms with Crippen LogP contribution in [0.5, 0.6) is 0 Å². The van der Waals surface area contributed by atoms with Crippen molar-refractivity contribution in [2.45, 2.75) is 166 Å². The summed E-state index contributed by atoms with van der Waals surface area (Å²) in [5.74, 6) is -0.117. The zero-order chi connectivity index (χ0) is 40.3. The lowest BCUT2D eigenvalue weighted by Crippen LogP contribution is -2.66. The second-order valence-corrected chi connectivity index (χ2v) is 21.2. The summed E-state index contributed by atoms with van der Waals surface area (Å²) in [4.78, 5) is 43.3. The Balaban J connectivity index is 1.70. The molecule has 0 heterocycles. The molecule has 8 heteroatoms. The van der Waals surface area contributed by atoms with Crippen LogP contribution in [0.3, 0.4) is 0 Å².